The molecule has 1 saturated heterocycles. The summed E-state index contributed by atoms with van der Waals surface area (Å²) in [5.74, 6) is -1.26. The Balaban J connectivity index is 1.60. The molecule has 33 heavy (non-hydrogen) atoms. The van der Waals surface area contributed by atoms with Crippen LogP contribution in [0.5, 0.6) is 0 Å². The Morgan fingerprint density at radius 2 is 1.94 bits per heavy atom. The predicted molar refractivity (Wildman–Crippen MR) is 120 cm³/mol. The van der Waals surface area contributed by atoms with Crippen LogP contribution in [-0.4, -0.2) is 65.4 Å². The number of carbonyl (C=O) groups excluding carboxylic acids is 2. The van der Waals surface area contributed by atoms with Crippen LogP contribution in [0.15, 0.2) is 53.7 Å². The van der Waals surface area contributed by atoms with Crippen molar-refractivity contribution in [1.29, 1.82) is 0 Å². The minimum atomic E-state index is -1.23. The molecule has 4 rings (SSSR count). The van der Waals surface area contributed by atoms with Crippen molar-refractivity contribution in [2.24, 2.45) is 10.9 Å². The van der Waals surface area contributed by atoms with Crippen LogP contribution in [0.4, 0.5) is 11.5 Å². The van der Waals surface area contributed by atoms with E-state index in [1.807, 2.05) is 23.1 Å². The molecule has 11 heteroatoms. The Hall–Kier alpha value is -4.02. The first kappa shape index (κ1) is 22.2. The number of amides is 1. The number of nitro benzene ring substituents is 1. The average molecular weight is 452 g/mol. The lowest BCUT2D eigenvalue weighted by atomic mass is 9.91. The Morgan fingerprint density at radius 3 is 2.61 bits per heavy atom. The lowest BCUT2D eigenvalue weighted by Gasteiger charge is -2.39. The molecule has 0 radical (unpaired) electrons. The number of nitrogens with one attached hydrogen (secondary N) is 1. The van der Waals surface area contributed by atoms with Gasteiger partial charge >= 0.3 is 5.97 Å². The van der Waals surface area contributed by atoms with Crippen molar-refractivity contribution in [1.82, 2.24) is 15.2 Å². The second-order valence-electron chi connectivity index (χ2n) is 7.63. The molecule has 1 aromatic carbocycles. The number of carbonyl (C=O) groups is 2. The van der Waals surface area contributed by atoms with Crippen LogP contribution in [-0.2, 0) is 14.3 Å². The Bertz CT molecular complexity index is 1070. The molecule has 0 unspecified atom stereocenters. The van der Waals surface area contributed by atoms with Gasteiger partial charge in [0, 0.05) is 44.5 Å². The molecular weight excluding hydrogens is 428 g/mol. The lowest BCUT2D eigenvalue weighted by molar-refractivity contribution is -0.384. The van der Waals surface area contributed by atoms with E-state index in [4.69, 9.17) is 4.74 Å². The zero-order valence-corrected chi connectivity index (χ0v) is 18.1. The monoisotopic (exact) mass is 452 g/mol. The number of hydrogen-bond donors (Lipinski definition) is 1. The third kappa shape index (κ3) is 4.76. The molecule has 0 spiro atoms. The van der Waals surface area contributed by atoms with Gasteiger partial charge in [-0.15, -0.1) is 0 Å². The van der Waals surface area contributed by atoms with Crippen molar-refractivity contribution in [2.75, 3.05) is 37.7 Å². The average Bonchev–Trinajstić information content (AvgIpc) is 2.84. The van der Waals surface area contributed by atoms with Gasteiger partial charge in [-0.2, -0.15) is 0 Å². The summed E-state index contributed by atoms with van der Waals surface area (Å²) < 4.78 is 5.09. The first-order valence-corrected chi connectivity index (χ1v) is 10.7. The Morgan fingerprint density at radius 1 is 1.18 bits per heavy atom. The second-order valence-corrected chi connectivity index (χ2v) is 7.63. The number of benzene rings is 1. The fraction of sp³-hybridized carbons (Fsp3) is 0.364. The fourth-order valence-electron chi connectivity index (χ4n) is 3.98. The molecule has 1 N–H and O–H groups in total. The van der Waals surface area contributed by atoms with Crippen LogP contribution in [0.2, 0.25) is 0 Å². The fourth-order valence-corrected chi connectivity index (χ4v) is 3.98. The first-order valence-electron chi connectivity index (χ1n) is 10.7. The molecule has 2 aliphatic heterocycles. The highest BCUT2D eigenvalue weighted by molar-refractivity contribution is 6.08. The smallest absolute Gasteiger partial charge is 0.321 e. The zero-order chi connectivity index (χ0) is 23.4. The van der Waals surface area contributed by atoms with Crippen molar-refractivity contribution in [3.8, 4) is 0 Å². The van der Waals surface area contributed by atoms with Crippen LogP contribution in [0.1, 0.15) is 18.5 Å². The summed E-state index contributed by atoms with van der Waals surface area (Å²) in [6.07, 6.45) is 1.74. The van der Waals surface area contributed by atoms with E-state index in [9.17, 15) is 19.7 Å². The molecule has 3 heterocycles. The third-order valence-corrected chi connectivity index (χ3v) is 5.61. The number of aliphatic imine (C=N–C) groups is 1. The number of anilines is 1. The summed E-state index contributed by atoms with van der Waals surface area (Å²) >= 11 is 0. The van der Waals surface area contributed by atoms with Gasteiger partial charge < -0.3 is 14.5 Å². The highest BCUT2D eigenvalue weighted by Crippen LogP contribution is 2.32. The number of hydrogen-bond acceptors (Lipinski definition) is 9. The molecule has 0 aliphatic carbocycles. The van der Waals surface area contributed by atoms with Crippen LogP contribution in [0.3, 0.4) is 0 Å². The quantitative estimate of drug-likeness (QED) is 0.313. The van der Waals surface area contributed by atoms with Crippen molar-refractivity contribution < 1.29 is 19.2 Å². The minimum Gasteiger partial charge on any atom is -0.465 e. The van der Waals surface area contributed by atoms with Gasteiger partial charge in [-0.3, -0.25) is 25.0 Å². The number of guanidine groups is 1. The summed E-state index contributed by atoms with van der Waals surface area (Å²) in [4.78, 5) is 49.4. The van der Waals surface area contributed by atoms with Gasteiger partial charge in [0.25, 0.3) is 5.69 Å². The van der Waals surface area contributed by atoms with Crippen molar-refractivity contribution in [3.05, 3.63) is 64.3 Å². The maximum absolute atomic E-state index is 13.0. The highest BCUT2D eigenvalue weighted by atomic mass is 16.6. The number of rotatable bonds is 5. The largest absolute Gasteiger partial charge is 0.465 e. The maximum atomic E-state index is 13.0. The van der Waals surface area contributed by atoms with E-state index in [2.05, 4.69) is 20.2 Å². The number of non-ortho nitro benzene ring substituents is 1. The molecule has 0 saturated carbocycles. The van der Waals surface area contributed by atoms with E-state index < -0.39 is 28.8 Å². The Labute approximate surface area is 190 Å². The Kier molecular flexibility index (Phi) is 6.48. The third-order valence-electron chi connectivity index (χ3n) is 5.61. The van der Waals surface area contributed by atoms with Gasteiger partial charge in [0.15, 0.2) is 5.92 Å². The zero-order valence-electron chi connectivity index (χ0n) is 18.1. The topological polar surface area (TPSA) is 130 Å². The van der Waals surface area contributed by atoms with Gasteiger partial charge in [-0.1, -0.05) is 18.2 Å². The molecule has 0 bridgehead atoms. The van der Waals surface area contributed by atoms with Gasteiger partial charge in [0.05, 0.1) is 11.5 Å². The molecule has 11 nitrogen and oxygen atoms in total. The van der Waals surface area contributed by atoms with Crippen LogP contribution >= 0.6 is 0 Å². The standard InChI is InChI=1S/C22H24N6O5/c1-2-33-21(30)18-19(15-6-5-7-16(14-15)28(31)32)24-22(25-20(18)29)27-12-10-26(11-13-27)17-8-3-4-9-23-17/h3-9,14,18-19H,2,10-13H2,1H3,(H,24,25,29)/t18-,19+/m1/s1. The van der Waals surface area contributed by atoms with Crippen LogP contribution < -0.4 is 10.2 Å². The molecular formula is C22H24N6O5. The molecule has 1 fully saturated rings. The van der Waals surface area contributed by atoms with E-state index in [0.717, 1.165) is 5.82 Å². The number of ether oxygens (including phenoxy) is 1. The number of aromatic nitrogens is 1. The van der Waals surface area contributed by atoms with E-state index in [0.29, 0.717) is 37.7 Å². The molecule has 2 aromatic rings. The molecule has 2 atom stereocenters. The van der Waals surface area contributed by atoms with Gasteiger partial charge in [0.1, 0.15) is 11.9 Å². The molecule has 1 amide bonds. The van der Waals surface area contributed by atoms with Crippen molar-refractivity contribution in [3.63, 3.8) is 0 Å². The number of piperazine rings is 1. The van der Waals surface area contributed by atoms with E-state index >= 15 is 0 Å². The van der Waals surface area contributed by atoms with Gasteiger partial charge in [0.2, 0.25) is 11.9 Å². The van der Waals surface area contributed by atoms with Gasteiger partial charge in [-0.05, 0) is 24.6 Å². The summed E-state index contributed by atoms with van der Waals surface area (Å²) in [7, 11) is 0. The van der Waals surface area contributed by atoms with E-state index in [1.54, 1.807) is 19.2 Å². The van der Waals surface area contributed by atoms with Crippen LogP contribution in [0.25, 0.3) is 0 Å². The van der Waals surface area contributed by atoms with E-state index in [-0.39, 0.29) is 12.3 Å². The predicted octanol–water partition coefficient (Wildman–Crippen LogP) is 1.52. The van der Waals surface area contributed by atoms with Crippen molar-refractivity contribution >= 4 is 29.3 Å². The molecule has 2 aliphatic rings. The number of nitro groups is 1. The van der Waals surface area contributed by atoms with E-state index in [1.165, 1.54) is 18.2 Å². The van der Waals surface area contributed by atoms with Crippen LogP contribution in [0, 0.1) is 16.0 Å². The SMILES string of the molecule is CCOC(=O)[C@H]1C(=O)NC(N2CCN(c3ccccn3)CC2)=N[C@H]1c1cccc([N+](=O)[O-])c1. The minimum absolute atomic E-state index is 0.107. The maximum Gasteiger partial charge on any atom is 0.321 e. The molecule has 1 aromatic heterocycles. The van der Waals surface area contributed by atoms with Crippen molar-refractivity contribution in [2.45, 2.75) is 13.0 Å². The summed E-state index contributed by atoms with van der Waals surface area (Å²) in [6, 6.07) is 10.6. The summed E-state index contributed by atoms with van der Waals surface area (Å²) in [5, 5.41) is 14.0. The summed E-state index contributed by atoms with van der Waals surface area (Å²) in [6.45, 7) is 4.28. The number of pyridine rings is 1. The summed E-state index contributed by atoms with van der Waals surface area (Å²) in [5.41, 5.74) is 0.267. The number of esters is 1. The highest BCUT2D eigenvalue weighted by Gasteiger charge is 2.42. The molecule has 172 valence electrons. The lowest BCUT2D eigenvalue weighted by Crippen LogP contribution is -2.57. The van der Waals surface area contributed by atoms with Gasteiger partial charge in [-0.25, -0.2) is 9.98 Å². The number of nitrogens with zero attached hydrogens (tertiary/aromatic N) is 5. The first-order chi connectivity index (χ1) is 16.0. The normalized spacial score (nSPS) is 20.6. The second kappa shape index (κ2) is 9.63.